The molecule has 0 amide bonds. The molecule has 21 heavy (non-hydrogen) atoms. The van der Waals surface area contributed by atoms with Crippen LogP contribution in [0.2, 0.25) is 0 Å². The molecule has 0 aliphatic carbocycles. The highest BCUT2D eigenvalue weighted by atomic mass is 15.4. The highest BCUT2D eigenvalue weighted by Gasteiger charge is 2.36. The molecule has 5 nitrogen and oxygen atoms in total. The number of nitrogens with zero attached hydrogens (tertiary/aromatic N) is 3. The number of aromatic amines is 1. The Bertz CT molecular complexity index is 635. The van der Waals surface area contributed by atoms with E-state index in [0.29, 0.717) is 6.04 Å². The molecule has 2 unspecified atom stereocenters. The molecule has 2 aliphatic rings. The van der Waals surface area contributed by atoms with E-state index in [1.54, 1.807) is 0 Å². The van der Waals surface area contributed by atoms with E-state index in [1.165, 1.54) is 18.4 Å². The Balaban J connectivity index is 1.64. The van der Waals surface area contributed by atoms with Gasteiger partial charge >= 0.3 is 0 Å². The number of fused-ring (bicyclic) bond motifs is 1. The molecule has 2 fully saturated rings. The molecule has 1 aromatic heterocycles. The summed E-state index contributed by atoms with van der Waals surface area (Å²) >= 11 is 0. The number of rotatable bonds is 2. The van der Waals surface area contributed by atoms with Crippen LogP contribution in [-0.2, 0) is 0 Å². The SMILES string of the molecule is Cc1ccccc1-c1nc(N2CCCC3CNCC32)n[nH]1. The molecular weight excluding hydrogens is 262 g/mol. The quantitative estimate of drug-likeness (QED) is 0.885. The van der Waals surface area contributed by atoms with Crippen molar-refractivity contribution in [2.75, 3.05) is 24.5 Å². The van der Waals surface area contributed by atoms with Gasteiger partial charge < -0.3 is 10.2 Å². The minimum atomic E-state index is 0.555. The smallest absolute Gasteiger partial charge is 0.245 e. The molecule has 3 heterocycles. The number of nitrogens with one attached hydrogen (secondary N) is 2. The zero-order chi connectivity index (χ0) is 14.2. The number of piperidine rings is 1. The molecule has 0 saturated carbocycles. The van der Waals surface area contributed by atoms with Gasteiger partial charge in [-0.2, -0.15) is 4.98 Å². The van der Waals surface area contributed by atoms with Crippen molar-refractivity contribution in [3.63, 3.8) is 0 Å². The normalized spacial score (nSPS) is 25.1. The number of hydrogen-bond donors (Lipinski definition) is 2. The molecule has 0 radical (unpaired) electrons. The second kappa shape index (κ2) is 5.15. The molecule has 0 spiro atoms. The number of H-pyrrole nitrogens is 1. The predicted molar refractivity (Wildman–Crippen MR) is 83.3 cm³/mol. The van der Waals surface area contributed by atoms with Gasteiger partial charge in [-0.15, -0.1) is 5.10 Å². The van der Waals surface area contributed by atoms with Gasteiger partial charge in [0.15, 0.2) is 5.82 Å². The van der Waals surface area contributed by atoms with Gasteiger partial charge in [-0.1, -0.05) is 24.3 Å². The van der Waals surface area contributed by atoms with Gasteiger partial charge in [-0.05, 0) is 31.2 Å². The van der Waals surface area contributed by atoms with Crippen LogP contribution in [0, 0.1) is 12.8 Å². The molecule has 2 aliphatic heterocycles. The Hall–Kier alpha value is -1.88. The van der Waals surface area contributed by atoms with Crippen molar-refractivity contribution in [2.24, 2.45) is 5.92 Å². The Morgan fingerprint density at radius 1 is 1.24 bits per heavy atom. The predicted octanol–water partition coefficient (Wildman–Crippen LogP) is 1.97. The van der Waals surface area contributed by atoms with Crippen LogP contribution in [-0.4, -0.2) is 40.9 Å². The van der Waals surface area contributed by atoms with Gasteiger partial charge in [0.2, 0.25) is 5.95 Å². The fraction of sp³-hybridized carbons (Fsp3) is 0.500. The van der Waals surface area contributed by atoms with Crippen molar-refractivity contribution in [2.45, 2.75) is 25.8 Å². The van der Waals surface area contributed by atoms with Crippen molar-refractivity contribution in [1.29, 1.82) is 0 Å². The Kier molecular flexibility index (Phi) is 3.15. The van der Waals surface area contributed by atoms with Crippen LogP contribution in [0.4, 0.5) is 5.95 Å². The average molecular weight is 283 g/mol. The fourth-order valence-electron chi connectivity index (χ4n) is 3.66. The largest absolute Gasteiger partial charge is 0.335 e. The van der Waals surface area contributed by atoms with Crippen LogP contribution in [0.3, 0.4) is 0 Å². The maximum Gasteiger partial charge on any atom is 0.245 e. The van der Waals surface area contributed by atoms with E-state index >= 15 is 0 Å². The van der Waals surface area contributed by atoms with Crippen LogP contribution in [0.1, 0.15) is 18.4 Å². The first-order chi connectivity index (χ1) is 10.3. The second-order valence-corrected chi connectivity index (χ2v) is 6.12. The minimum absolute atomic E-state index is 0.555. The lowest BCUT2D eigenvalue weighted by Crippen LogP contribution is -2.45. The summed E-state index contributed by atoms with van der Waals surface area (Å²) in [5.41, 5.74) is 2.36. The molecule has 1 aromatic carbocycles. The van der Waals surface area contributed by atoms with E-state index in [-0.39, 0.29) is 0 Å². The van der Waals surface area contributed by atoms with Crippen LogP contribution >= 0.6 is 0 Å². The molecule has 2 aromatic rings. The first-order valence-electron chi connectivity index (χ1n) is 7.78. The molecule has 4 rings (SSSR count). The molecule has 110 valence electrons. The third kappa shape index (κ3) is 2.21. The van der Waals surface area contributed by atoms with Gasteiger partial charge in [-0.25, -0.2) is 0 Å². The minimum Gasteiger partial charge on any atom is -0.335 e. The maximum absolute atomic E-state index is 4.76. The van der Waals surface area contributed by atoms with Crippen LogP contribution in [0.15, 0.2) is 24.3 Å². The average Bonchev–Trinajstić information content (AvgIpc) is 3.16. The van der Waals surface area contributed by atoms with E-state index in [2.05, 4.69) is 45.5 Å². The zero-order valence-corrected chi connectivity index (χ0v) is 12.3. The zero-order valence-electron chi connectivity index (χ0n) is 12.3. The number of aromatic nitrogens is 3. The monoisotopic (exact) mass is 283 g/mol. The van der Waals surface area contributed by atoms with Crippen molar-refractivity contribution in [3.8, 4) is 11.4 Å². The number of anilines is 1. The summed E-state index contributed by atoms with van der Waals surface area (Å²) in [6.07, 6.45) is 2.56. The molecule has 2 atom stereocenters. The second-order valence-electron chi connectivity index (χ2n) is 6.12. The van der Waals surface area contributed by atoms with Crippen molar-refractivity contribution in [1.82, 2.24) is 20.5 Å². The van der Waals surface area contributed by atoms with Gasteiger partial charge in [0.05, 0.1) is 0 Å². The van der Waals surface area contributed by atoms with Crippen LogP contribution < -0.4 is 10.2 Å². The Morgan fingerprint density at radius 2 is 2.14 bits per heavy atom. The maximum atomic E-state index is 4.76. The summed E-state index contributed by atoms with van der Waals surface area (Å²) < 4.78 is 0. The van der Waals surface area contributed by atoms with Gasteiger partial charge in [0.25, 0.3) is 0 Å². The van der Waals surface area contributed by atoms with Crippen molar-refractivity contribution in [3.05, 3.63) is 29.8 Å². The molecule has 5 heteroatoms. The van der Waals surface area contributed by atoms with Gasteiger partial charge in [0.1, 0.15) is 0 Å². The third-order valence-corrected chi connectivity index (χ3v) is 4.81. The molecule has 0 bridgehead atoms. The van der Waals surface area contributed by atoms with E-state index < -0.39 is 0 Å². The standard InChI is InChI=1S/C16H21N5/c1-11-5-2-3-7-13(11)15-18-16(20-19-15)21-8-4-6-12-9-17-10-14(12)21/h2-3,5,7,12,14,17H,4,6,8-10H2,1H3,(H,18,19,20). The third-order valence-electron chi connectivity index (χ3n) is 4.81. The first kappa shape index (κ1) is 12.8. The lowest BCUT2D eigenvalue weighted by Gasteiger charge is -2.36. The summed E-state index contributed by atoms with van der Waals surface area (Å²) in [4.78, 5) is 7.14. The summed E-state index contributed by atoms with van der Waals surface area (Å²) in [5.74, 6) is 2.47. The molecular formula is C16H21N5. The van der Waals surface area contributed by atoms with E-state index in [0.717, 1.165) is 42.9 Å². The van der Waals surface area contributed by atoms with Crippen LogP contribution in [0.25, 0.3) is 11.4 Å². The molecule has 2 saturated heterocycles. The summed E-state index contributed by atoms with van der Waals surface area (Å²) in [6.45, 7) is 5.36. The number of hydrogen-bond acceptors (Lipinski definition) is 4. The topological polar surface area (TPSA) is 56.8 Å². The van der Waals surface area contributed by atoms with E-state index in [1.807, 2.05) is 6.07 Å². The fourth-order valence-corrected chi connectivity index (χ4v) is 3.66. The first-order valence-corrected chi connectivity index (χ1v) is 7.78. The summed E-state index contributed by atoms with van der Waals surface area (Å²) in [6, 6.07) is 8.85. The van der Waals surface area contributed by atoms with Crippen molar-refractivity contribution >= 4 is 5.95 Å². The lowest BCUT2D eigenvalue weighted by molar-refractivity contribution is 0.381. The van der Waals surface area contributed by atoms with Crippen LogP contribution in [0.5, 0.6) is 0 Å². The summed E-state index contributed by atoms with van der Waals surface area (Å²) in [5, 5.41) is 11.1. The number of aryl methyl sites for hydroxylation is 1. The van der Waals surface area contributed by atoms with Gasteiger partial charge in [-0.3, -0.25) is 5.10 Å². The Morgan fingerprint density at radius 3 is 3.05 bits per heavy atom. The van der Waals surface area contributed by atoms with E-state index in [9.17, 15) is 0 Å². The van der Waals surface area contributed by atoms with E-state index in [4.69, 9.17) is 4.98 Å². The summed E-state index contributed by atoms with van der Waals surface area (Å²) in [7, 11) is 0. The molecule has 2 N–H and O–H groups in total. The number of benzene rings is 1. The highest BCUT2D eigenvalue weighted by molar-refractivity contribution is 5.60. The van der Waals surface area contributed by atoms with Crippen molar-refractivity contribution < 1.29 is 0 Å². The highest BCUT2D eigenvalue weighted by Crippen LogP contribution is 2.30. The lowest BCUT2D eigenvalue weighted by atomic mass is 9.92. The Labute approximate surface area is 124 Å². The van der Waals surface area contributed by atoms with Gasteiger partial charge in [0, 0.05) is 31.2 Å².